The molecule has 1 aliphatic rings. The molecule has 30 heavy (non-hydrogen) atoms. The number of benzene rings is 2. The Morgan fingerprint density at radius 1 is 1.13 bits per heavy atom. The molecular formula is C22H21BrN2O5. The van der Waals surface area contributed by atoms with E-state index in [9.17, 15) is 9.90 Å². The van der Waals surface area contributed by atoms with E-state index in [4.69, 9.17) is 14.6 Å². The number of nitrogens with zero attached hydrogens (tertiary/aromatic N) is 1. The van der Waals surface area contributed by atoms with E-state index in [1.165, 1.54) is 0 Å². The molecule has 7 nitrogen and oxygen atoms in total. The van der Waals surface area contributed by atoms with Crippen molar-refractivity contribution >= 4 is 44.0 Å². The number of hydrogen-bond acceptors (Lipinski definition) is 6. The zero-order valence-corrected chi connectivity index (χ0v) is 17.7. The number of nitrogens with one attached hydrogen (secondary N) is 1. The first-order chi connectivity index (χ1) is 14.6. The number of rotatable bonds is 9. The van der Waals surface area contributed by atoms with E-state index in [1.54, 1.807) is 18.2 Å². The highest BCUT2D eigenvalue weighted by Crippen LogP contribution is 2.35. The van der Waals surface area contributed by atoms with Gasteiger partial charge in [0, 0.05) is 22.9 Å². The number of alkyl halides is 1. The first-order valence-electron chi connectivity index (χ1n) is 9.59. The Morgan fingerprint density at radius 2 is 1.97 bits per heavy atom. The Balaban J connectivity index is 1.51. The van der Waals surface area contributed by atoms with E-state index in [2.05, 4.69) is 25.9 Å². The summed E-state index contributed by atoms with van der Waals surface area (Å²) in [7, 11) is 0. The zero-order valence-electron chi connectivity index (χ0n) is 16.1. The molecule has 4 rings (SSSR count). The van der Waals surface area contributed by atoms with Crippen molar-refractivity contribution in [3.05, 3.63) is 59.2 Å². The van der Waals surface area contributed by atoms with Crippen LogP contribution in [0.4, 0.5) is 5.69 Å². The van der Waals surface area contributed by atoms with Crippen LogP contribution in [0.2, 0.25) is 0 Å². The third kappa shape index (κ3) is 4.17. The molecule has 0 saturated carbocycles. The van der Waals surface area contributed by atoms with Crippen LogP contribution in [0.25, 0.3) is 10.9 Å². The number of carbonyl (C=O) groups is 1. The average molecular weight is 473 g/mol. The highest BCUT2D eigenvalue weighted by Gasteiger charge is 2.29. The molecule has 2 aromatic carbocycles. The van der Waals surface area contributed by atoms with Crippen molar-refractivity contribution in [1.29, 1.82) is 0 Å². The first-order valence-corrected chi connectivity index (χ1v) is 10.5. The standard InChI is InChI=1S/C22H21BrN2O5/c23-18(30-10-9-29-8-7-26)12-13-5-6-14-17(11-13)25-22(28)19(14)20-21(27)15-3-1-2-4-16(15)24-20/h1-6,11,18,25-26,28H,7-10,12H2/t18-/m1/s1. The zero-order chi connectivity index (χ0) is 21.1. The molecule has 0 fully saturated rings. The van der Waals surface area contributed by atoms with E-state index >= 15 is 0 Å². The molecule has 0 spiro atoms. The molecule has 3 N–H and O–H groups in total. The Hall–Kier alpha value is -2.52. The largest absolute Gasteiger partial charge is 0.494 e. The molecule has 3 aromatic rings. The second-order valence-electron chi connectivity index (χ2n) is 6.86. The van der Waals surface area contributed by atoms with E-state index in [0.29, 0.717) is 43.1 Å². The number of para-hydroxylation sites is 1. The van der Waals surface area contributed by atoms with Gasteiger partial charge in [0.25, 0.3) is 0 Å². The summed E-state index contributed by atoms with van der Waals surface area (Å²) in [5.41, 5.74) is 3.54. The molecule has 0 radical (unpaired) electrons. The number of aromatic nitrogens is 1. The second kappa shape index (κ2) is 9.09. The maximum absolute atomic E-state index is 12.8. The van der Waals surface area contributed by atoms with Gasteiger partial charge in [0.05, 0.1) is 37.7 Å². The first kappa shape index (κ1) is 20.7. The fraction of sp³-hybridized carbons (Fsp3) is 0.273. The number of hydrogen-bond donors (Lipinski definition) is 3. The van der Waals surface area contributed by atoms with Crippen LogP contribution in [0.5, 0.6) is 5.88 Å². The van der Waals surface area contributed by atoms with Crippen LogP contribution in [0.3, 0.4) is 0 Å². The van der Waals surface area contributed by atoms with Crippen LogP contribution < -0.4 is 0 Å². The van der Waals surface area contributed by atoms with Crippen molar-refractivity contribution in [2.24, 2.45) is 4.99 Å². The summed E-state index contributed by atoms with van der Waals surface area (Å²) in [5.74, 6) is -0.266. The third-order valence-corrected chi connectivity index (χ3v) is 5.42. The number of aromatic amines is 1. The number of Topliss-reactive ketones (excluding diaryl/α,β-unsaturated/α-hetero) is 1. The van der Waals surface area contributed by atoms with Crippen LogP contribution in [0.1, 0.15) is 21.5 Å². The molecule has 0 bridgehead atoms. The van der Waals surface area contributed by atoms with Gasteiger partial charge in [-0.25, -0.2) is 4.99 Å². The SMILES string of the molecule is O=C1C(c2c(O)[nH]c3cc(C[C@H](Br)OCCOCCO)ccc23)=Nc2ccccc21. The van der Waals surface area contributed by atoms with Gasteiger partial charge in [0.2, 0.25) is 5.78 Å². The number of aromatic hydroxyl groups is 1. The van der Waals surface area contributed by atoms with Crippen molar-refractivity contribution in [1.82, 2.24) is 4.98 Å². The number of H-pyrrole nitrogens is 1. The third-order valence-electron chi connectivity index (χ3n) is 4.83. The molecule has 0 saturated heterocycles. The van der Waals surface area contributed by atoms with Crippen molar-refractivity contribution < 1.29 is 24.5 Å². The number of aliphatic hydroxyl groups excluding tert-OH is 1. The Kier molecular flexibility index (Phi) is 6.29. The van der Waals surface area contributed by atoms with E-state index in [0.717, 1.165) is 16.5 Å². The van der Waals surface area contributed by atoms with Crippen molar-refractivity contribution in [3.8, 4) is 5.88 Å². The number of halogens is 1. The lowest BCUT2D eigenvalue weighted by atomic mass is 10.0. The van der Waals surface area contributed by atoms with Crippen LogP contribution in [-0.2, 0) is 15.9 Å². The average Bonchev–Trinajstić information content (AvgIpc) is 3.23. The summed E-state index contributed by atoms with van der Waals surface area (Å²) in [6.45, 7) is 1.11. The summed E-state index contributed by atoms with van der Waals surface area (Å²) >= 11 is 3.50. The molecule has 2 heterocycles. The molecule has 156 valence electrons. The predicted molar refractivity (Wildman–Crippen MR) is 117 cm³/mol. The number of fused-ring (bicyclic) bond motifs is 2. The summed E-state index contributed by atoms with van der Waals surface area (Å²) in [4.78, 5) is 20.2. The summed E-state index contributed by atoms with van der Waals surface area (Å²) in [6, 6.07) is 12.9. The van der Waals surface area contributed by atoms with Crippen molar-refractivity contribution in [2.45, 2.75) is 11.4 Å². The van der Waals surface area contributed by atoms with Gasteiger partial charge in [-0.3, -0.25) is 4.79 Å². The Morgan fingerprint density at radius 3 is 2.77 bits per heavy atom. The number of ketones is 1. The minimum absolute atomic E-state index is 0.00710. The van der Waals surface area contributed by atoms with Gasteiger partial charge >= 0.3 is 0 Å². The highest BCUT2D eigenvalue weighted by atomic mass is 79.9. The number of aliphatic hydroxyl groups is 1. The molecular weight excluding hydrogens is 452 g/mol. The van der Waals surface area contributed by atoms with Crippen molar-refractivity contribution in [2.75, 3.05) is 26.4 Å². The monoisotopic (exact) mass is 472 g/mol. The maximum atomic E-state index is 12.8. The van der Waals surface area contributed by atoms with Gasteiger partial charge in [-0.05, 0) is 23.8 Å². The molecule has 1 aliphatic heterocycles. The summed E-state index contributed by atoms with van der Waals surface area (Å²) in [6.07, 6.45) is 0.608. The second-order valence-corrected chi connectivity index (χ2v) is 7.88. The minimum Gasteiger partial charge on any atom is -0.494 e. The molecule has 1 atom stereocenters. The van der Waals surface area contributed by atoms with Crippen LogP contribution >= 0.6 is 15.9 Å². The Bertz CT molecular complexity index is 1110. The van der Waals surface area contributed by atoms with Crippen LogP contribution in [0.15, 0.2) is 47.5 Å². The minimum atomic E-state index is -0.203. The van der Waals surface area contributed by atoms with E-state index in [-0.39, 0.29) is 29.0 Å². The van der Waals surface area contributed by atoms with Crippen LogP contribution in [-0.4, -0.2) is 58.1 Å². The number of carbonyl (C=O) groups excluding carboxylic acids is 1. The molecule has 8 heteroatoms. The number of aliphatic imine (C=N–C) groups is 1. The fourth-order valence-electron chi connectivity index (χ4n) is 3.47. The lowest BCUT2D eigenvalue weighted by Crippen LogP contribution is -2.14. The van der Waals surface area contributed by atoms with Crippen LogP contribution in [0, 0.1) is 0 Å². The van der Waals surface area contributed by atoms with Gasteiger partial charge in [0.1, 0.15) is 10.7 Å². The van der Waals surface area contributed by atoms with E-state index < -0.39 is 0 Å². The predicted octanol–water partition coefficient (Wildman–Crippen LogP) is 3.48. The highest BCUT2D eigenvalue weighted by molar-refractivity contribution is 9.09. The maximum Gasteiger partial charge on any atom is 0.214 e. The molecule has 0 amide bonds. The fourth-order valence-corrected chi connectivity index (χ4v) is 4.03. The van der Waals surface area contributed by atoms with Gasteiger partial charge in [-0.1, -0.05) is 40.2 Å². The molecule has 0 aliphatic carbocycles. The molecule has 0 unspecified atom stereocenters. The van der Waals surface area contributed by atoms with Gasteiger partial charge in [0.15, 0.2) is 5.88 Å². The quantitative estimate of drug-likeness (QED) is 0.326. The number of ether oxygens (including phenoxy) is 2. The topological polar surface area (TPSA) is 104 Å². The lowest BCUT2D eigenvalue weighted by molar-refractivity contribution is 0.0268. The van der Waals surface area contributed by atoms with Gasteiger partial charge in [-0.2, -0.15) is 0 Å². The van der Waals surface area contributed by atoms with Crippen molar-refractivity contribution in [3.63, 3.8) is 0 Å². The van der Waals surface area contributed by atoms with E-state index in [1.807, 2.05) is 24.3 Å². The van der Waals surface area contributed by atoms with Gasteiger partial charge in [-0.15, -0.1) is 0 Å². The van der Waals surface area contributed by atoms with Gasteiger partial charge < -0.3 is 24.7 Å². The normalized spacial score (nSPS) is 14.2. The Labute approximate surface area is 181 Å². The lowest BCUT2D eigenvalue weighted by Gasteiger charge is -2.12. The molecule has 1 aromatic heterocycles. The summed E-state index contributed by atoms with van der Waals surface area (Å²) in [5, 5.41) is 19.7. The smallest absolute Gasteiger partial charge is 0.214 e. The summed E-state index contributed by atoms with van der Waals surface area (Å²) < 4.78 is 10.8.